The zero-order valence-electron chi connectivity index (χ0n) is 7.30. The second-order valence-electron chi connectivity index (χ2n) is 2.97. The van der Waals surface area contributed by atoms with Gasteiger partial charge in [-0.3, -0.25) is 10.5 Å². The largest absolute Gasteiger partial charge is 0.450 e. The number of carbonyl (C=O) groups excluding carboxylic acids is 1. The van der Waals surface area contributed by atoms with Gasteiger partial charge < -0.3 is 4.74 Å². The van der Waals surface area contributed by atoms with Crippen LogP contribution in [-0.2, 0) is 9.53 Å². The lowest BCUT2D eigenvalue weighted by Gasteiger charge is -2.03. The summed E-state index contributed by atoms with van der Waals surface area (Å²) in [4.78, 5) is 10.7. The van der Waals surface area contributed by atoms with Crippen LogP contribution in [0.15, 0.2) is 0 Å². The summed E-state index contributed by atoms with van der Waals surface area (Å²) < 4.78 is 4.56. The Morgan fingerprint density at radius 2 is 2.18 bits per heavy atom. The van der Waals surface area contributed by atoms with Gasteiger partial charge in [0.2, 0.25) is 0 Å². The number of nitrogens with two attached hydrogens (primary N) is 1. The molecule has 0 aromatic heterocycles. The Bertz CT molecular complexity index is 113. The third-order valence-corrected chi connectivity index (χ3v) is 1.41. The van der Waals surface area contributed by atoms with Crippen LogP contribution in [0, 0.1) is 5.92 Å². The van der Waals surface area contributed by atoms with Crippen LogP contribution in [0.1, 0.15) is 33.1 Å². The van der Waals surface area contributed by atoms with Crippen LogP contribution in [0.4, 0.5) is 0 Å². The van der Waals surface area contributed by atoms with Crippen molar-refractivity contribution >= 4 is 5.97 Å². The van der Waals surface area contributed by atoms with Crippen LogP contribution >= 0.6 is 0 Å². The van der Waals surface area contributed by atoms with Crippen LogP contribution in [0.5, 0.6) is 0 Å². The normalized spacial score (nSPS) is 10.2. The summed E-state index contributed by atoms with van der Waals surface area (Å²) >= 11 is 0. The van der Waals surface area contributed by atoms with Gasteiger partial charge in [0.1, 0.15) is 6.73 Å². The molecule has 3 heteroatoms. The van der Waals surface area contributed by atoms with Crippen molar-refractivity contribution < 1.29 is 9.53 Å². The monoisotopic (exact) mass is 159 g/mol. The standard InChI is InChI=1S/C8H17NO2/c1-7(2)4-3-5-8(10)11-6-9/h7H,3-6,9H2,1-2H3. The van der Waals surface area contributed by atoms with E-state index in [1.165, 1.54) is 0 Å². The molecular formula is C8H17NO2. The van der Waals surface area contributed by atoms with E-state index in [-0.39, 0.29) is 12.7 Å². The molecule has 0 fully saturated rings. The fourth-order valence-corrected chi connectivity index (χ4v) is 0.820. The summed E-state index contributed by atoms with van der Waals surface area (Å²) in [6.07, 6.45) is 2.46. The maximum Gasteiger partial charge on any atom is 0.307 e. The average molecular weight is 159 g/mol. The van der Waals surface area contributed by atoms with Crippen LogP contribution in [0.25, 0.3) is 0 Å². The Balaban J connectivity index is 3.17. The summed E-state index contributed by atoms with van der Waals surface area (Å²) in [6, 6.07) is 0. The van der Waals surface area contributed by atoms with E-state index >= 15 is 0 Å². The minimum absolute atomic E-state index is 0.000508. The van der Waals surface area contributed by atoms with Gasteiger partial charge in [0, 0.05) is 6.42 Å². The Hall–Kier alpha value is -0.570. The number of hydrogen-bond acceptors (Lipinski definition) is 3. The third kappa shape index (κ3) is 7.33. The van der Waals surface area contributed by atoms with Crippen LogP contribution < -0.4 is 5.73 Å². The first-order valence-corrected chi connectivity index (χ1v) is 4.02. The van der Waals surface area contributed by atoms with Gasteiger partial charge in [-0.05, 0) is 12.3 Å². The minimum atomic E-state index is -0.187. The van der Waals surface area contributed by atoms with Crippen molar-refractivity contribution in [3.63, 3.8) is 0 Å². The number of carbonyl (C=O) groups is 1. The van der Waals surface area contributed by atoms with E-state index in [9.17, 15) is 4.79 Å². The second-order valence-corrected chi connectivity index (χ2v) is 2.97. The van der Waals surface area contributed by atoms with Crippen LogP contribution in [0.3, 0.4) is 0 Å². The SMILES string of the molecule is CC(C)CCCC(=O)OCN. The Kier molecular flexibility index (Phi) is 5.84. The molecule has 66 valence electrons. The average Bonchev–Trinajstić information content (AvgIpc) is 1.87. The quantitative estimate of drug-likeness (QED) is 0.485. The fourth-order valence-electron chi connectivity index (χ4n) is 0.820. The van der Waals surface area contributed by atoms with E-state index in [1.54, 1.807) is 0 Å². The maximum atomic E-state index is 10.7. The number of esters is 1. The number of ether oxygens (including phenoxy) is 1. The fraction of sp³-hybridized carbons (Fsp3) is 0.875. The summed E-state index contributed by atoms with van der Waals surface area (Å²) in [5.41, 5.74) is 5.02. The van der Waals surface area contributed by atoms with Crippen LogP contribution in [-0.4, -0.2) is 12.7 Å². The van der Waals surface area contributed by atoms with Gasteiger partial charge in [-0.2, -0.15) is 0 Å². The van der Waals surface area contributed by atoms with Gasteiger partial charge in [-0.1, -0.05) is 20.3 Å². The third-order valence-electron chi connectivity index (χ3n) is 1.41. The molecule has 2 N–H and O–H groups in total. The van der Waals surface area contributed by atoms with Crippen molar-refractivity contribution in [1.29, 1.82) is 0 Å². The van der Waals surface area contributed by atoms with E-state index in [4.69, 9.17) is 5.73 Å². The lowest BCUT2D eigenvalue weighted by Crippen LogP contribution is -2.11. The molecule has 0 unspecified atom stereocenters. The Labute approximate surface area is 67.9 Å². The highest BCUT2D eigenvalue weighted by Crippen LogP contribution is 2.06. The second kappa shape index (κ2) is 6.16. The molecule has 0 heterocycles. The van der Waals surface area contributed by atoms with Gasteiger partial charge in [0.05, 0.1) is 0 Å². The highest BCUT2D eigenvalue weighted by molar-refractivity contribution is 5.69. The van der Waals surface area contributed by atoms with Gasteiger partial charge in [0.25, 0.3) is 0 Å². The molecular weight excluding hydrogens is 142 g/mol. The van der Waals surface area contributed by atoms with E-state index in [0.717, 1.165) is 12.8 Å². The molecule has 3 nitrogen and oxygen atoms in total. The lowest BCUT2D eigenvalue weighted by atomic mass is 10.1. The molecule has 0 aliphatic carbocycles. The van der Waals surface area contributed by atoms with Crippen molar-refractivity contribution in [2.75, 3.05) is 6.73 Å². The van der Waals surface area contributed by atoms with Crippen molar-refractivity contribution in [3.05, 3.63) is 0 Å². The molecule has 0 saturated carbocycles. The molecule has 0 bridgehead atoms. The van der Waals surface area contributed by atoms with Crippen molar-refractivity contribution in [2.24, 2.45) is 11.7 Å². The topological polar surface area (TPSA) is 52.3 Å². The highest BCUT2D eigenvalue weighted by Gasteiger charge is 2.01. The van der Waals surface area contributed by atoms with E-state index < -0.39 is 0 Å². The zero-order chi connectivity index (χ0) is 8.69. The molecule has 0 aliphatic rings. The smallest absolute Gasteiger partial charge is 0.307 e. The Morgan fingerprint density at radius 3 is 2.64 bits per heavy atom. The zero-order valence-corrected chi connectivity index (χ0v) is 7.30. The predicted octanol–water partition coefficient (Wildman–Crippen LogP) is 1.27. The van der Waals surface area contributed by atoms with E-state index in [0.29, 0.717) is 12.3 Å². The predicted molar refractivity (Wildman–Crippen MR) is 43.8 cm³/mol. The summed E-state index contributed by atoms with van der Waals surface area (Å²) in [5, 5.41) is 0. The molecule has 11 heavy (non-hydrogen) atoms. The first kappa shape index (κ1) is 10.4. The summed E-state index contributed by atoms with van der Waals surface area (Å²) in [7, 11) is 0. The molecule has 0 aromatic carbocycles. The molecule has 0 spiro atoms. The number of hydrogen-bond donors (Lipinski definition) is 1. The van der Waals surface area contributed by atoms with Crippen molar-refractivity contribution in [2.45, 2.75) is 33.1 Å². The van der Waals surface area contributed by atoms with Gasteiger partial charge in [-0.15, -0.1) is 0 Å². The molecule has 0 aliphatic heterocycles. The van der Waals surface area contributed by atoms with Crippen LogP contribution in [0.2, 0.25) is 0 Å². The van der Waals surface area contributed by atoms with Gasteiger partial charge in [-0.25, -0.2) is 0 Å². The molecule has 0 amide bonds. The summed E-state index contributed by atoms with van der Waals surface area (Å²) in [5.74, 6) is 0.467. The molecule has 0 aromatic rings. The molecule has 0 rings (SSSR count). The Morgan fingerprint density at radius 1 is 1.55 bits per heavy atom. The lowest BCUT2D eigenvalue weighted by molar-refractivity contribution is -0.143. The van der Waals surface area contributed by atoms with Crippen molar-refractivity contribution in [1.82, 2.24) is 0 Å². The molecule has 0 atom stereocenters. The number of rotatable bonds is 5. The maximum absolute atomic E-state index is 10.7. The molecule has 0 radical (unpaired) electrons. The minimum Gasteiger partial charge on any atom is -0.450 e. The van der Waals surface area contributed by atoms with Gasteiger partial charge in [0.15, 0.2) is 0 Å². The van der Waals surface area contributed by atoms with E-state index in [1.807, 2.05) is 0 Å². The van der Waals surface area contributed by atoms with Crippen molar-refractivity contribution in [3.8, 4) is 0 Å². The molecule has 0 saturated heterocycles. The first-order chi connectivity index (χ1) is 5.16. The summed E-state index contributed by atoms with van der Waals surface area (Å²) in [6.45, 7) is 4.27. The first-order valence-electron chi connectivity index (χ1n) is 4.02. The van der Waals surface area contributed by atoms with Gasteiger partial charge >= 0.3 is 5.97 Å². The highest BCUT2D eigenvalue weighted by atomic mass is 16.5. The van der Waals surface area contributed by atoms with E-state index in [2.05, 4.69) is 18.6 Å².